The van der Waals surface area contributed by atoms with Crippen LogP contribution in [0.5, 0.6) is 0 Å². The van der Waals surface area contributed by atoms with Crippen LogP contribution in [0, 0.1) is 20.8 Å². The Balaban J connectivity index is 1.86. The molecule has 0 spiro atoms. The molecule has 1 aliphatic rings. The summed E-state index contributed by atoms with van der Waals surface area (Å²) < 4.78 is 0. The van der Waals surface area contributed by atoms with Crippen LogP contribution in [0.25, 0.3) is 0 Å². The number of rotatable bonds is 2. The summed E-state index contributed by atoms with van der Waals surface area (Å²) in [6, 6.07) is 7.45. The molecule has 1 N–H and O–H groups in total. The van der Waals surface area contributed by atoms with Crippen molar-refractivity contribution in [3.63, 3.8) is 0 Å². The van der Waals surface area contributed by atoms with Crippen molar-refractivity contribution in [1.29, 1.82) is 0 Å². The Morgan fingerprint density at radius 3 is 2.58 bits per heavy atom. The molecule has 0 atom stereocenters. The van der Waals surface area contributed by atoms with Gasteiger partial charge in [0.05, 0.1) is 11.4 Å². The van der Waals surface area contributed by atoms with E-state index in [0.29, 0.717) is 12.1 Å². The van der Waals surface area contributed by atoms with E-state index in [1.807, 2.05) is 39.0 Å². The third-order valence-electron chi connectivity index (χ3n) is 4.38. The fourth-order valence-electron chi connectivity index (χ4n) is 3.27. The van der Waals surface area contributed by atoms with Gasteiger partial charge in [0.25, 0.3) is 5.91 Å². The summed E-state index contributed by atoms with van der Waals surface area (Å²) in [6.45, 7) is 8.03. The second-order valence-corrected chi connectivity index (χ2v) is 6.26. The lowest BCUT2D eigenvalue weighted by atomic mass is 10.1. The normalized spacial score (nSPS) is 12.9. The first kappa shape index (κ1) is 16.2. The highest BCUT2D eigenvalue weighted by Crippen LogP contribution is 2.29. The number of fused-ring (bicyclic) bond motifs is 1. The number of pyridine rings is 1. The van der Waals surface area contributed by atoms with Gasteiger partial charge in [-0.2, -0.15) is 0 Å². The Morgan fingerprint density at radius 1 is 1.17 bits per heavy atom. The molecule has 2 amide bonds. The van der Waals surface area contributed by atoms with Gasteiger partial charge in [0.2, 0.25) is 5.91 Å². The maximum atomic E-state index is 12.6. The number of nitrogens with one attached hydrogen (secondary N) is 1. The van der Waals surface area contributed by atoms with Gasteiger partial charge in [-0.1, -0.05) is 0 Å². The summed E-state index contributed by atoms with van der Waals surface area (Å²) in [4.78, 5) is 30.4. The molecule has 2 heterocycles. The predicted octanol–water partition coefficient (Wildman–Crippen LogP) is 3.17. The predicted molar refractivity (Wildman–Crippen MR) is 94.6 cm³/mol. The number of carbonyl (C=O) groups is 2. The number of hydrogen-bond donors (Lipinski definition) is 1. The number of hydrogen-bond acceptors (Lipinski definition) is 3. The highest BCUT2D eigenvalue weighted by molar-refractivity contribution is 6.06. The van der Waals surface area contributed by atoms with Gasteiger partial charge < -0.3 is 10.2 Å². The molecule has 0 bridgehead atoms. The van der Waals surface area contributed by atoms with Crippen LogP contribution in [-0.2, 0) is 11.2 Å². The molecule has 0 saturated carbocycles. The standard InChI is InChI=1S/C19H21N3O2/c1-11-9-12(2)20-13(3)18(11)21-19(24)16-5-6-17-15(10-16)7-8-22(17)14(4)23/h5-6,9-10H,7-8H2,1-4H3,(H,21,24). The van der Waals surface area contributed by atoms with Crippen LogP contribution in [0.3, 0.4) is 0 Å². The van der Waals surface area contributed by atoms with E-state index in [2.05, 4.69) is 10.3 Å². The molecular weight excluding hydrogens is 302 g/mol. The third kappa shape index (κ3) is 2.89. The molecular formula is C19H21N3O2. The smallest absolute Gasteiger partial charge is 0.255 e. The van der Waals surface area contributed by atoms with Gasteiger partial charge in [-0.05, 0) is 62.6 Å². The van der Waals surface area contributed by atoms with Crippen LogP contribution >= 0.6 is 0 Å². The molecule has 3 rings (SSSR count). The monoisotopic (exact) mass is 323 g/mol. The zero-order valence-corrected chi connectivity index (χ0v) is 14.4. The Kier molecular flexibility index (Phi) is 4.09. The Morgan fingerprint density at radius 2 is 1.92 bits per heavy atom. The van der Waals surface area contributed by atoms with E-state index in [9.17, 15) is 9.59 Å². The summed E-state index contributed by atoms with van der Waals surface area (Å²) >= 11 is 0. The first-order valence-corrected chi connectivity index (χ1v) is 8.04. The van der Waals surface area contributed by atoms with Gasteiger partial charge >= 0.3 is 0 Å². The second kappa shape index (κ2) is 6.07. The lowest BCUT2D eigenvalue weighted by Gasteiger charge is -2.15. The SMILES string of the molecule is CC(=O)N1CCc2cc(C(=O)Nc3c(C)cc(C)nc3C)ccc21. The topological polar surface area (TPSA) is 62.3 Å². The minimum Gasteiger partial charge on any atom is -0.320 e. The summed E-state index contributed by atoms with van der Waals surface area (Å²) in [7, 11) is 0. The molecule has 0 aliphatic carbocycles. The molecule has 1 aromatic carbocycles. The van der Waals surface area contributed by atoms with E-state index in [4.69, 9.17) is 0 Å². The highest BCUT2D eigenvalue weighted by atomic mass is 16.2. The molecule has 2 aromatic rings. The lowest BCUT2D eigenvalue weighted by Crippen LogP contribution is -2.25. The molecule has 124 valence electrons. The van der Waals surface area contributed by atoms with Gasteiger partial charge in [0, 0.05) is 30.4 Å². The van der Waals surface area contributed by atoms with Gasteiger partial charge in [-0.15, -0.1) is 0 Å². The lowest BCUT2D eigenvalue weighted by molar-refractivity contribution is -0.116. The summed E-state index contributed by atoms with van der Waals surface area (Å²) in [5, 5.41) is 2.97. The van der Waals surface area contributed by atoms with E-state index in [0.717, 1.165) is 40.3 Å². The van der Waals surface area contributed by atoms with Crippen molar-refractivity contribution in [2.24, 2.45) is 0 Å². The number of nitrogens with zero attached hydrogens (tertiary/aromatic N) is 2. The molecule has 1 aliphatic heterocycles. The van der Waals surface area contributed by atoms with Crippen molar-refractivity contribution in [3.8, 4) is 0 Å². The van der Waals surface area contributed by atoms with E-state index < -0.39 is 0 Å². The van der Waals surface area contributed by atoms with Crippen LogP contribution in [-0.4, -0.2) is 23.3 Å². The quantitative estimate of drug-likeness (QED) is 0.923. The van der Waals surface area contributed by atoms with Crippen molar-refractivity contribution in [2.45, 2.75) is 34.1 Å². The van der Waals surface area contributed by atoms with Gasteiger partial charge in [0.1, 0.15) is 0 Å². The van der Waals surface area contributed by atoms with Crippen LogP contribution in [0.4, 0.5) is 11.4 Å². The first-order chi connectivity index (χ1) is 11.4. The third-order valence-corrected chi connectivity index (χ3v) is 4.38. The van der Waals surface area contributed by atoms with Crippen LogP contribution in [0.2, 0.25) is 0 Å². The Hall–Kier alpha value is -2.69. The van der Waals surface area contributed by atoms with E-state index in [-0.39, 0.29) is 11.8 Å². The molecule has 0 unspecified atom stereocenters. The number of anilines is 2. The first-order valence-electron chi connectivity index (χ1n) is 8.04. The molecule has 1 aromatic heterocycles. The van der Waals surface area contributed by atoms with Gasteiger partial charge in [0.15, 0.2) is 0 Å². The van der Waals surface area contributed by atoms with E-state index >= 15 is 0 Å². The molecule has 5 nitrogen and oxygen atoms in total. The minimum atomic E-state index is -0.157. The molecule has 0 fully saturated rings. The summed E-state index contributed by atoms with van der Waals surface area (Å²) in [5.41, 5.74) is 6.04. The Labute approximate surface area is 141 Å². The zero-order chi connectivity index (χ0) is 17.4. The molecule has 0 saturated heterocycles. The van der Waals surface area contributed by atoms with E-state index in [1.54, 1.807) is 17.9 Å². The molecule has 24 heavy (non-hydrogen) atoms. The fraction of sp³-hybridized carbons (Fsp3) is 0.316. The molecule has 5 heteroatoms. The Bertz CT molecular complexity index is 819. The molecule has 0 radical (unpaired) electrons. The number of aromatic nitrogens is 1. The highest BCUT2D eigenvalue weighted by Gasteiger charge is 2.23. The number of amides is 2. The van der Waals surface area contributed by atoms with Gasteiger partial charge in [-0.25, -0.2) is 0 Å². The van der Waals surface area contributed by atoms with Crippen molar-refractivity contribution >= 4 is 23.2 Å². The van der Waals surface area contributed by atoms with Crippen LogP contribution in [0.15, 0.2) is 24.3 Å². The summed E-state index contributed by atoms with van der Waals surface area (Å²) in [6.07, 6.45) is 0.778. The van der Waals surface area contributed by atoms with Crippen LogP contribution < -0.4 is 10.2 Å². The van der Waals surface area contributed by atoms with Crippen molar-refractivity contribution in [3.05, 3.63) is 52.3 Å². The van der Waals surface area contributed by atoms with Crippen molar-refractivity contribution in [2.75, 3.05) is 16.8 Å². The number of aryl methyl sites for hydroxylation is 3. The van der Waals surface area contributed by atoms with Crippen molar-refractivity contribution in [1.82, 2.24) is 4.98 Å². The summed E-state index contributed by atoms with van der Waals surface area (Å²) in [5.74, 6) is -0.126. The number of carbonyl (C=O) groups excluding carboxylic acids is 2. The average Bonchev–Trinajstić information content (AvgIpc) is 2.93. The van der Waals surface area contributed by atoms with Crippen molar-refractivity contribution < 1.29 is 9.59 Å². The largest absolute Gasteiger partial charge is 0.320 e. The number of benzene rings is 1. The maximum Gasteiger partial charge on any atom is 0.255 e. The second-order valence-electron chi connectivity index (χ2n) is 6.26. The average molecular weight is 323 g/mol. The minimum absolute atomic E-state index is 0.0305. The van der Waals surface area contributed by atoms with Crippen LogP contribution in [0.1, 0.15) is 39.8 Å². The fourth-order valence-corrected chi connectivity index (χ4v) is 3.27. The van der Waals surface area contributed by atoms with E-state index in [1.165, 1.54) is 0 Å². The zero-order valence-electron chi connectivity index (χ0n) is 14.4. The van der Waals surface area contributed by atoms with Gasteiger partial charge in [-0.3, -0.25) is 14.6 Å². The maximum absolute atomic E-state index is 12.6.